The third-order valence-corrected chi connectivity index (χ3v) is 3.18. The third kappa shape index (κ3) is 2.00. The summed E-state index contributed by atoms with van der Waals surface area (Å²) in [6, 6.07) is 8.78. The van der Waals surface area contributed by atoms with E-state index < -0.39 is 0 Å². The van der Waals surface area contributed by atoms with Crippen LogP contribution in [0.25, 0.3) is 0 Å². The second-order valence-corrected chi connectivity index (χ2v) is 4.43. The highest BCUT2D eigenvalue weighted by Crippen LogP contribution is 2.25. The number of nitrogens with zero attached hydrogens (tertiary/aromatic N) is 2. The lowest BCUT2D eigenvalue weighted by molar-refractivity contribution is 0.0589. The maximum atomic E-state index is 12.1. The second-order valence-electron chi connectivity index (χ2n) is 4.43. The molecule has 1 atom stereocenters. The molecule has 0 N–H and O–H groups in total. The van der Waals surface area contributed by atoms with Crippen LogP contribution in [0, 0.1) is 11.3 Å². The molecule has 0 saturated heterocycles. The first-order chi connectivity index (χ1) is 8.66. The number of hydrogen-bond donors (Lipinski definition) is 0. The van der Waals surface area contributed by atoms with E-state index in [0.717, 1.165) is 0 Å². The van der Waals surface area contributed by atoms with Crippen LogP contribution in [-0.2, 0) is 0 Å². The Labute approximate surface area is 106 Å². The van der Waals surface area contributed by atoms with Crippen LogP contribution in [0.4, 0.5) is 0 Å². The number of hydrogen-bond acceptors (Lipinski definition) is 3. The third-order valence-electron chi connectivity index (χ3n) is 3.18. The molecule has 92 valence electrons. The Balaban J connectivity index is 2.16. The van der Waals surface area contributed by atoms with Gasteiger partial charge in [0.15, 0.2) is 0 Å². The van der Waals surface area contributed by atoms with E-state index >= 15 is 0 Å². The summed E-state index contributed by atoms with van der Waals surface area (Å²) >= 11 is 0. The predicted octanol–water partition coefficient (Wildman–Crippen LogP) is 2.36. The monoisotopic (exact) mass is 242 g/mol. The van der Waals surface area contributed by atoms with Gasteiger partial charge in [0.25, 0.3) is 11.8 Å². The van der Waals surface area contributed by atoms with Crippen LogP contribution in [0.2, 0.25) is 0 Å². The van der Waals surface area contributed by atoms with Gasteiger partial charge in [-0.3, -0.25) is 14.5 Å². The number of amides is 2. The number of rotatable bonds is 4. The first-order valence-electron chi connectivity index (χ1n) is 6.00. The summed E-state index contributed by atoms with van der Waals surface area (Å²) in [4.78, 5) is 25.6. The number of nitriles is 1. The molecule has 0 aliphatic carbocycles. The van der Waals surface area contributed by atoms with Gasteiger partial charge in [0.05, 0.1) is 17.2 Å². The molecule has 4 nitrogen and oxygen atoms in total. The molecule has 1 unspecified atom stereocenters. The van der Waals surface area contributed by atoms with Crippen molar-refractivity contribution in [3.05, 3.63) is 35.4 Å². The molecule has 1 heterocycles. The Kier molecular flexibility index (Phi) is 3.42. The standard InChI is InChI=1S/C14H14N2O2/c1-10(6-4-5-9-15)16-13(17)11-7-2-3-8-12(11)14(16)18/h2-3,7-8,10H,4-6H2,1H3. The highest BCUT2D eigenvalue weighted by atomic mass is 16.2. The number of carbonyl (C=O) groups is 2. The minimum atomic E-state index is -0.222. The van der Waals surface area contributed by atoms with Crippen molar-refractivity contribution < 1.29 is 9.59 Å². The van der Waals surface area contributed by atoms with Crippen molar-refractivity contribution >= 4 is 11.8 Å². The smallest absolute Gasteiger partial charge is 0.261 e. The van der Waals surface area contributed by atoms with E-state index in [1.165, 1.54) is 4.90 Å². The molecule has 0 aromatic heterocycles. The molecule has 2 amide bonds. The lowest BCUT2D eigenvalue weighted by Gasteiger charge is -2.21. The summed E-state index contributed by atoms with van der Waals surface area (Å²) in [5.74, 6) is -0.444. The van der Waals surface area contributed by atoms with E-state index in [1.807, 2.05) is 6.92 Å². The Morgan fingerprint density at radius 1 is 1.22 bits per heavy atom. The van der Waals surface area contributed by atoms with Gasteiger partial charge in [-0.1, -0.05) is 12.1 Å². The maximum Gasteiger partial charge on any atom is 0.261 e. The first-order valence-corrected chi connectivity index (χ1v) is 6.00. The summed E-state index contributed by atoms with van der Waals surface area (Å²) in [5.41, 5.74) is 0.962. The molecule has 1 aliphatic heterocycles. The van der Waals surface area contributed by atoms with Crippen LogP contribution in [0.5, 0.6) is 0 Å². The number of fused-ring (bicyclic) bond motifs is 1. The number of carbonyl (C=O) groups excluding carboxylic acids is 2. The van der Waals surface area contributed by atoms with Crippen LogP contribution < -0.4 is 0 Å². The average molecular weight is 242 g/mol. The second kappa shape index (κ2) is 5.01. The Hall–Kier alpha value is -2.15. The molecule has 4 heteroatoms. The van der Waals surface area contributed by atoms with E-state index in [4.69, 9.17) is 5.26 Å². The highest BCUT2D eigenvalue weighted by Gasteiger charge is 2.37. The Morgan fingerprint density at radius 2 is 1.78 bits per heavy atom. The van der Waals surface area contributed by atoms with Gasteiger partial charge in [-0.25, -0.2) is 0 Å². The number of unbranched alkanes of at least 4 members (excludes halogenated alkanes) is 1. The van der Waals surface area contributed by atoms with Crippen molar-refractivity contribution in [2.45, 2.75) is 32.2 Å². The van der Waals surface area contributed by atoms with Crippen LogP contribution in [0.15, 0.2) is 24.3 Å². The fraction of sp³-hybridized carbons (Fsp3) is 0.357. The van der Waals surface area contributed by atoms with E-state index in [-0.39, 0.29) is 17.9 Å². The first kappa shape index (κ1) is 12.3. The lowest BCUT2D eigenvalue weighted by Crippen LogP contribution is -2.37. The van der Waals surface area contributed by atoms with Crippen LogP contribution >= 0.6 is 0 Å². The van der Waals surface area contributed by atoms with Gasteiger partial charge in [-0.15, -0.1) is 0 Å². The van der Waals surface area contributed by atoms with Crippen molar-refractivity contribution in [3.8, 4) is 6.07 Å². The van der Waals surface area contributed by atoms with Crippen molar-refractivity contribution in [1.29, 1.82) is 5.26 Å². The summed E-state index contributed by atoms with van der Waals surface area (Å²) in [6.45, 7) is 1.85. The van der Waals surface area contributed by atoms with Gasteiger partial charge in [0.1, 0.15) is 0 Å². The molecular formula is C14H14N2O2. The summed E-state index contributed by atoms with van der Waals surface area (Å²) in [6.07, 6.45) is 1.82. The van der Waals surface area contributed by atoms with Gasteiger partial charge >= 0.3 is 0 Å². The van der Waals surface area contributed by atoms with Crippen molar-refractivity contribution in [2.75, 3.05) is 0 Å². The molecule has 0 radical (unpaired) electrons. The Bertz CT molecular complexity index is 496. The fourth-order valence-electron chi connectivity index (χ4n) is 2.21. The van der Waals surface area contributed by atoms with Crippen LogP contribution in [-0.4, -0.2) is 22.8 Å². The average Bonchev–Trinajstić information content (AvgIpc) is 2.63. The molecule has 18 heavy (non-hydrogen) atoms. The van der Waals surface area contributed by atoms with Gasteiger partial charge < -0.3 is 0 Å². The summed E-state index contributed by atoms with van der Waals surface area (Å²) in [5, 5.41) is 8.49. The molecule has 1 aliphatic rings. The quantitative estimate of drug-likeness (QED) is 0.601. The van der Waals surface area contributed by atoms with Gasteiger partial charge in [-0.2, -0.15) is 5.26 Å². The van der Waals surface area contributed by atoms with Crippen molar-refractivity contribution in [2.24, 2.45) is 0 Å². The fourth-order valence-corrected chi connectivity index (χ4v) is 2.21. The van der Waals surface area contributed by atoms with E-state index in [9.17, 15) is 9.59 Å². The topological polar surface area (TPSA) is 61.2 Å². The zero-order chi connectivity index (χ0) is 13.1. The van der Waals surface area contributed by atoms with Crippen LogP contribution in [0.3, 0.4) is 0 Å². The van der Waals surface area contributed by atoms with Gasteiger partial charge in [0.2, 0.25) is 0 Å². The molecule has 0 bridgehead atoms. The van der Waals surface area contributed by atoms with Crippen LogP contribution in [0.1, 0.15) is 46.9 Å². The molecule has 0 saturated carbocycles. The zero-order valence-corrected chi connectivity index (χ0v) is 10.2. The summed E-state index contributed by atoms with van der Waals surface area (Å²) in [7, 11) is 0. The normalized spacial score (nSPS) is 15.4. The lowest BCUT2D eigenvalue weighted by atomic mass is 10.1. The van der Waals surface area contributed by atoms with E-state index in [0.29, 0.717) is 30.4 Å². The zero-order valence-electron chi connectivity index (χ0n) is 10.2. The van der Waals surface area contributed by atoms with E-state index in [1.54, 1.807) is 24.3 Å². The van der Waals surface area contributed by atoms with Crippen molar-refractivity contribution in [3.63, 3.8) is 0 Å². The maximum absolute atomic E-state index is 12.1. The number of benzene rings is 1. The largest absolute Gasteiger partial charge is 0.272 e. The minimum absolute atomic E-state index is 0.161. The predicted molar refractivity (Wildman–Crippen MR) is 65.9 cm³/mol. The highest BCUT2D eigenvalue weighted by molar-refractivity contribution is 6.21. The molecular weight excluding hydrogens is 228 g/mol. The number of imide groups is 1. The van der Waals surface area contributed by atoms with Gasteiger partial charge in [0, 0.05) is 12.5 Å². The SMILES string of the molecule is CC(CCCC#N)N1C(=O)c2ccccc2C1=O. The molecule has 0 fully saturated rings. The molecule has 1 aromatic carbocycles. The molecule has 0 spiro atoms. The summed E-state index contributed by atoms with van der Waals surface area (Å²) < 4.78 is 0. The van der Waals surface area contributed by atoms with E-state index in [2.05, 4.69) is 6.07 Å². The van der Waals surface area contributed by atoms with Gasteiger partial charge in [-0.05, 0) is 31.9 Å². The molecule has 2 rings (SSSR count). The minimum Gasteiger partial charge on any atom is -0.272 e. The van der Waals surface area contributed by atoms with Crippen molar-refractivity contribution in [1.82, 2.24) is 4.90 Å². The molecule has 1 aromatic rings. The Morgan fingerprint density at radius 3 is 2.28 bits per heavy atom.